The highest BCUT2D eigenvalue weighted by Gasteiger charge is 2.55. The summed E-state index contributed by atoms with van der Waals surface area (Å²) in [4.78, 5) is 24.6. The Balaban J connectivity index is 1.99. The Morgan fingerprint density at radius 3 is 1.94 bits per heavy atom. The number of phenols is 2. The van der Waals surface area contributed by atoms with Gasteiger partial charge in [-0.2, -0.15) is 0 Å². The lowest BCUT2D eigenvalue weighted by atomic mass is 9.76. The Hall–Kier alpha value is -3.42. The summed E-state index contributed by atoms with van der Waals surface area (Å²) < 4.78 is 11.9. The molecule has 0 radical (unpaired) electrons. The van der Waals surface area contributed by atoms with Crippen molar-refractivity contribution >= 4 is 35.1 Å². The molecule has 5 rings (SSSR count). The third-order valence-electron chi connectivity index (χ3n) is 5.85. The van der Waals surface area contributed by atoms with E-state index >= 15 is 0 Å². The first kappa shape index (κ1) is 20.5. The van der Waals surface area contributed by atoms with E-state index in [4.69, 9.17) is 32.7 Å². The van der Waals surface area contributed by atoms with Crippen molar-refractivity contribution in [1.82, 2.24) is 0 Å². The van der Waals surface area contributed by atoms with Crippen molar-refractivity contribution in [2.45, 2.75) is 19.4 Å². The number of aromatic hydroxyl groups is 2. The highest BCUT2D eigenvalue weighted by Crippen LogP contribution is 2.61. The van der Waals surface area contributed by atoms with Crippen molar-refractivity contribution in [1.29, 1.82) is 0 Å². The van der Waals surface area contributed by atoms with Crippen LogP contribution in [-0.2, 0) is 10.3 Å². The second kappa shape index (κ2) is 6.54. The second-order valence-electron chi connectivity index (χ2n) is 7.70. The summed E-state index contributed by atoms with van der Waals surface area (Å²) in [5.41, 5.74) is 0.0705. The standard InChI is InChI=1S/C23H14Cl2O7/c1-8-5-13-19(15(24)17(8)26)31-20-14(6-9(2)18(27)16(20)25)23(13)12-7-10(21(28)29)3-4-11(12)22(30)32-23/h3-7,26-27H,1-2H3,(H,28,29). The Bertz CT molecular complexity index is 1330. The van der Waals surface area contributed by atoms with E-state index in [-0.39, 0.29) is 49.7 Å². The highest BCUT2D eigenvalue weighted by molar-refractivity contribution is 6.35. The molecular formula is C23H14Cl2O7. The topological polar surface area (TPSA) is 113 Å². The summed E-state index contributed by atoms with van der Waals surface area (Å²) in [6, 6.07) is 7.17. The number of phenolic OH excluding ortho intramolecular Hbond substituents is 2. The van der Waals surface area contributed by atoms with Crippen molar-refractivity contribution in [2.75, 3.05) is 0 Å². The normalized spacial score (nSPS) is 14.9. The Morgan fingerprint density at radius 1 is 0.906 bits per heavy atom. The van der Waals surface area contributed by atoms with Crippen LogP contribution in [0.1, 0.15) is 48.5 Å². The molecule has 0 aromatic heterocycles. The van der Waals surface area contributed by atoms with Crippen LogP contribution in [-0.4, -0.2) is 27.3 Å². The number of hydrogen-bond donors (Lipinski definition) is 3. The summed E-state index contributed by atoms with van der Waals surface area (Å²) >= 11 is 12.8. The molecule has 162 valence electrons. The van der Waals surface area contributed by atoms with Gasteiger partial charge in [-0.15, -0.1) is 0 Å². The average Bonchev–Trinajstić information content (AvgIpc) is 3.05. The van der Waals surface area contributed by atoms with Gasteiger partial charge in [0.2, 0.25) is 0 Å². The van der Waals surface area contributed by atoms with Crippen LogP contribution < -0.4 is 4.74 Å². The molecule has 2 heterocycles. The largest absolute Gasteiger partial charge is 0.506 e. The Kier molecular flexibility index (Phi) is 4.19. The molecule has 0 saturated carbocycles. The van der Waals surface area contributed by atoms with Gasteiger partial charge in [-0.05, 0) is 55.3 Å². The molecule has 0 aliphatic carbocycles. The number of benzene rings is 3. The van der Waals surface area contributed by atoms with Gasteiger partial charge in [0.1, 0.15) is 21.5 Å². The molecule has 0 bridgehead atoms. The zero-order valence-corrected chi connectivity index (χ0v) is 18.1. The fourth-order valence-electron chi connectivity index (χ4n) is 4.26. The molecule has 9 heteroatoms. The third kappa shape index (κ3) is 2.43. The predicted octanol–water partition coefficient (Wildman–Crippen LogP) is 5.29. The van der Waals surface area contributed by atoms with Crippen molar-refractivity contribution in [3.8, 4) is 23.0 Å². The zero-order chi connectivity index (χ0) is 23.1. The lowest BCUT2D eigenvalue weighted by Crippen LogP contribution is -2.33. The molecule has 32 heavy (non-hydrogen) atoms. The van der Waals surface area contributed by atoms with Gasteiger partial charge in [-0.3, -0.25) is 0 Å². The van der Waals surface area contributed by atoms with E-state index in [1.807, 2.05) is 0 Å². The molecule has 1 spiro atoms. The molecule has 3 N–H and O–H groups in total. The van der Waals surface area contributed by atoms with Gasteiger partial charge < -0.3 is 24.8 Å². The molecule has 2 aliphatic rings. The van der Waals surface area contributed by atoms with E-state index in [1.165, 1.54) is 18.2 Å². The molecule has 3 aromatic rings. The summed E-state index contributed by atoms with van der Waals surface area (Å²) in [7, 11) is 0. The van der Waals surface area contributed by atoms with Gasteiger partial charge in [0.15, 0.2) is 17.1 Å². The molecular weight excluding hydrogens is 459 g/mol. The molecule has 7 nitrogen and oxygen atoms in total. The predicted molar refractivity (Wildman–Crippen MR) is 114 cm³/mol. The fourth-order valence-corrected chi connectivity index (χ4v) is 4.84. The van der Waals surface area contributed by atoms with Crippen LogP contribution in [0.3, 0.4) is 0 Å². The van der Waals surface area contributed by atoms with Gasteiger partial charge in [0.25, 0.3) is 0 Å². The fraction of sp³-hybridized carbons (Fsp3) is 0.130. The number of ether oxygens (including phenoxy) is 2. The van der Waals surface area contributed by atoms with Gasteiger partial charge in [0, 0.05) is 16.7 Å². The number of hydrogen-bond acceptors (Lipinski definition) is 6. The van der Waals surface area contributed by atoms with Crippen LogP contribution in [0.4, 0.5) is 0 Å². The van der Waals surface area contributed by atoms with Gasteiger partial charge in [-0.25, -0.2) is 9.59 Å². The van der Waals surface area contributed by atoms with Gasteiger partial charge in [0.05, 0.1) is 11.1 Å². The quantitative estimate of drug-likeness (QED) is 0.412. The van der Waals surface area contributed by atoms with Crippen molar-refractivity contribution in [2.24, 2.45) is 0 Å². The number of halogens is 2. The van der Waals surface area contributed by atoms with Crippen LogP contribution >= 0.6 is 23.2 Å². The number of carbonyl (C=O) groups is 2. The van der Waals surface area contributed by atoms with Gasteiger partial charge in [-0.1, -0.05) is 23.2 Å². The number of aryl methyl sites for hydroxylation is 2. The minimum atomic E-state index is -1.66. The first-order valence-corrected chi connectivity index (χ1v) is 10.2. The van der Waals surface area contributed by atoms with Crippen molar-refractivity contribution in [3.63, 3.8) is 0 Å². The van der Waals surface area contributed by atoms with Crippen LogP contribution in [0.25, 0.3) is 0 Å². The number of rotatable bonds is 1. The number of carbonyl (C=O) groups excluding carboxylic acids is 1. The number of carboxylic acids is 1. The smallest absolute Gasteiger partial charge is 0.340 e. The first-order chi connectivity index (χ1) is 15.1. The lowest BCUT2D eigenvalue weighted by Gasteiger charge is -2.38. The van der Waals surface area contributed by atoms with E-state index in [0.29, 0.717) is 22.3 Å². The van der Waals surface area contributed by atoms with Gasteiger partial charge >= 0.3 is 11.9 Å². The Morgan fingerprint density at radius 2 is 1.44 bits per heavy atom. The Labute approximate surface area is 191 Å². The maximum atomic E-state index is 12.9. The van der Waals surface area contributed by atoms with E-state index in [0.717, 1.165) is 0 Å². The molecule has 0 saturated heterocycles. The molecule has 0 atom stereocenters. The molecule has 3 aromatic carbocycles. The summed E-state index contributed by atoms with van der Waals surface area (Å²) in [5.74, 6) is -2.38. The lowest BCUT2D eigenvalue weighted by molar-refractivity contribution is 0.0223. The van der Waals surface area contributed by atoms with Crippen molar-refractivity contribution < 1.29 is 34.4 Å². The van der Waals surface area contributed by atoms with Crippen LogP contribution in [0, 0.1) is 13.8 Å². The monoisotopic (exact) mass is 472 g/mol. The third-order valence-corrected chi connectivity index (χ3v) is 6.55. The van der Waals surface area contributed by atoms with E-state index in [2.05, 4.69) is 0 Å². The summed E-state index contributed by atoms with van der Waals surface area (Å²) in [6.07, 6.45) is 0. The summed E-state index contributed by atoms with van der Waals surface area (Å²) in [6.45, 7) is 3.23. The minimum absolute atomic E-state index is 0.0196. The zero-order valence-electron chi connectivity index (χ0n) is 16.6. The van der Waals surface area contributed by atoms with Crippen LogP contribution in [0.15, 0.2) is 30.3 Å². The number of fused-ring (bicyclic) bond motifs is 6. The molecule has 2 aliphatic heterocycles. The SMILES string of the molecule is Cc1cc2c(c(Cl)c1O)Oc1c(cc(C)c(O)c1Cl)C21OC(=O)c2ccc(C(=O)O)cc21. The first-order valence-electron chi connectivity index (χ1n) is 9.42. The maximum absolute atomic E-state index is 12.9. The molecule has 0 amide bonds. The molecule has 0 unspecified atom stereocenters. The van der Waals surface area contributed by atoms with E-state index in [1.54, 1.807) is 26.0 Å². The maximum Gasteiger partial charge on any atom is 0.340 e. The minimum Gasteiger partial charge on any atom is -0.506 e. The molecule has 0 fully saturated rings. The number of esters is 1. The van der Waals surface area contributed by atoms with Crippen LogP contribution in [0.2, 0.25) is 10.0 Å². The number of aromatic carboxylic acids is 1. The second-order valence-corrected chi connectivity index (χ2v) is 8.46. The van der Waals surface area contributed by atoms with E-state index in [9.17, 15) is 24.9 Å². The highest BCUT2D eigenvalue weighted by atomic mass is 35.5. The average molecular weight is 473 g/mol. The van der Waals surface area contributed by atoms with Crippen molar-refractivity contribution in [3.05, 3.63) is 79.3 Å². The number of carboxylic acid groups (broad SMARTS) is 1. The van der Waals surface area contributed by atoms with E-state index < -0.39 is 17.5 Å². The van der Waals surface area contributed by atoms with Crippen LogP contribution in [0.5, 0.6) is 23.0 Å². The summed E-state index contributed by atoms with van der Waals surface area (Å²) in [5, 5.41) is 30.1.